The zero-order valence-electron chi connectivity index (χ0n) is 17.8. The van der Waals surface area contributed by atoms with E-state index in [0.29, 0.717) is 21.9 Å². The number of carbonyl (C=O) groups is 1. The van der Waals surface area contributed by atoms with Crippen LogP contribution in [-0.4, -0.2) is 22.1 Å². The fourth-order valence-corrected chi connectivity index (χ4v) is 3.71. The van der Waals surface area contributed by atoms with Crippen molar-refractivity contribution < 1.29 is 9.53 Å². The molecule has 1 atom stereocenters. The first-order valence-corrected chi connectivity index (χ1v) is 10.9. The van der Waals surface area contributed by atoms with E-state index in [0.717, 1.165) is 44.2 Å². The van der Waals surface area contributed by atoms with Crippen molar-refractivity contribution in [1.29, 1.82) is 0 Å². The molecule has 0 amide bonds. The lowest BCUT2D eigenvalue weighted by Crippen LogP contribution is -2.36. The van der Waals surface area contributed by atoms with E-state index in [4.69, 9.17) is 29.2 Å². The molecular formula is C21H36N2O2S2. The topological polar surface area (TPSA) is 47.0 Å². The van der Waals surface area contributed by atoms with Crippen LogP contribution in [0.25, 0.3) is 0 Å². The number of carbonyl (C=O) groups excluding carboxylic acids is 1. The third-order valence-corrected chi connectivity index (χ3v) is 6.05. The highest BCUT2D eigenvalue weighted by molar-refractivity contribution is 7.72. The molecule has 27 heavy (non-hydrogen) atoms. The first-order valence-electron chi connectivity index (χ1n) is 10.1. The number of esters is 1. The summed E-state index contributed by atoms with van der Waals surface area (Å²) in [5.74, 6) is 0.707. The van der Waals surface area contributed by atoms with Crippen LogP contribution in [0.1, 0.15) is 72.3 Å². The van der Waals surface area contributed by atoms with Crippen LogP contribution in [0, 0.1) is 33.6 Å². The average Bonchev–Trinajstić information content (AvgIpc) is 2.57. The minimum Gasteiger partial charge on any atom is -0.465 e. The molecule has 1 unspecified atom stereocenters. The number of rotatable bonds is 11. The summed E-state index contributed by atoms with van der Waals surface area (Å²) in [6, 6.07) is 0. The minimum absolute atomic E-state index is 0.0486. The van der Waals surface area contributed by atoms with Crippen LogP contribution in [0.3, 0.4) is 0 Å². The second-order valence-electron chi connectivity index (χ2n) is 8.49. The van der Waals surface area contributed by atoms with Gasteiger partial charge in [-0.2, -0.15) is 0 Å². The van der Waals surface area contributed by atoms with E-state index >= 15 is 0 Å². The fraction of sp³-hybridized carbons (Fsp3) is 0.762. The highest BCUT2D eigenvalue weighted by atomic mass is 32.1. The smallest absolute Gasteiger partial charge is 0.312 e. The van der Waals surface area contributed by atoms with E-state index < -0.39 is 5.41 Å². The number of ether oxygens (including phenoxy) is 1. The Morgan fingerprint density at radius 1 is 1.19 bits per heavy atom. The second kappa shape index (κ2) is 11.1. The molecule has 0 saturated carbocycles. The summed E-state index contributed by atoms with van der Waals surface area (Å²) in [6.45, 7) is 13.9. The largest absolute Gasteiger partial charge is 0.465 e. The summed E-state index contributed by atoms with van der Waals surface area (Å²) in [6.07, 6.45) is 6.97. The SMILES string of the molecule is Cc1cn(CCCCCCOC(=O)C(C)(CC(C)C)C(C)C)c(=S)[nH]c1=S. The molecule has 154 valence electrons. The Labute approximate surface area is 174 Å². The third kappa shape index (κ3) is 7.49. The van der Waals surface area contributed by atoms with Gasteiger partial charge >= 0.3 is 5.97 Å². The number of hydrogen-bond donors (Lipinski definition) is 1. The molecule has 0 aromatic carbocycles. The predicted octanol–water partition coefficient (Wildman–Crippen LogP) is 6.40. The molecule has 1 aromatic rings. The number of nitrogens with one attached hydrogen (secondary N) is 1. The van der Waals surface area contributed by atoms with Crippen molar-refractivity contribution in [3.05, 3.63) is 21.2 Å². The molecule has 0 spiro atoms. The Balaban J connectivity index is 2.32. The van der Waals surface area contributed by atoms with Gasteiger partial charge in [-0.25, -0.2) is 0 Å². The molecule has 1 heterocycles. The van der Waals surface area contributed by atoms with E-state index in [1.54, 1.807) is 0 Å². The lowest BCUT2D eigenvalue weighted by molar-refractivity contribution is -0.159. The second-order valence-corrected chi connectivity index (χ2v) is 9.28. The molecular weight excluding hydrogens is 376 g/mol. The van der Waals surface area contributed by atoms with Crippen molar-refractivity contribution in [3.63, 3.8) is 0 Å². The molecule has 6 heteroatoms. The van der Waals surface area contributed by atoms with Gasteiger partial charge in [0.05, 0.1) is 12.0 Å². The Kier molecular flexibility index (Phi) is 9.88. The van der Waals surface area contributed by atoms with Gasteiger partial charge < -0.3 is 14.3 Å². The summed E-state index contributed by atoms with van der Waals surface area (Å²) in [4.78, 5) is 15.6. The van der Waals surface area contributed by atoms with Crippen LogP contribution in [0.2, 0.25) is 0 Å². The average molecular weight is 413 g/mol. The van der Waals surface area contributed by atoms with Crippen LogP contribution in [0.15, 0.2) is 6.20 Å². The van der Waals surface area contributed by atoms with Gasteiger partial charge in [-0.3, -0.25) is 4.79 Å². The standard InChI is InChI=1S/C21H36N2O2S2/c1-15(2)13-21(6,16(3)4)19(24)25-12-10-8-7-9-11-23-14-17(5)18(26)22-20(23)27/h14-16H,7-13H2,1-6H3,(H,22,26,27). The van der Waals surface area contributed by atoms with Crippen LogP contribution >= 0.6 is 24.4 Å². The number of aromatic amines is 1. The maximum Gasteiger partial charge on any atom is 0.312 e. The van der Waals surface area contributed by atoms with Crippen LogP contribution in [-0.2, 0) is 16.1 Å². The van der Waals surface area contributed by atoms with Gasteiger partial charge in [-0.1, -0.05) is 46.3 Å². The van der Waals surface area contributed by atoms with Crippen molar-refractivity contribution >= 4 is 30.4 Å². The number of aromatic nitrogens is 2. The van der Waals surface area contributed by atoms with Crippen molar-refractivity contribution in [1.82, 2.24) is 9.55 Å². The molecule has 0 aliphatic carbocycles. The molecule has 0 fully saturated rings. The van der Waals surface area contributed by atoms with Gasteiger partial charge in [-0.15, -0.1) is 0 Å². The number of aryl methyl sites for hydroxylation is 2. The van der Waals surface area contributed by atoms with E-state index in [1.165, 1.54) is 0 Å². The van der Waals surface area contributed by atoms with Gasteiger partial charge in [0.15, 0.2) is 4.77 Å². The molecule has 0 aliphatic rings. The van der Waals surface area contributed by atoms with Gasteiger partial charge in [0, 0.05) is 18.3 Å². The normalized spacial score (nSPS) is 13.8. The predicted molar refractivity (Wildman–Crippen MR) is 117 cm³/mol. The van der Waals surface area contributed by atoms with E-state index in [9.17, 15) is 4.79 Å². The quantitative estimate of drug-likeness (QED) is 0.260. The number of unbranched alkanes of at least 4 members (excludes halogenated alkanes) is 3. The third-order valence-electron chi connectivity index (χ3n) is 5.29. The molecule has 0 aliphatic heterocycles. The van der Waals surface area contributed by atoms with Crippen molar-refractivity contribution in [2.24, 2.45) is 17.3 Å². The van der Waals surface area contributed by atoms with Crippen LogP contribution in [0.4, 0.5) is 0 Å². The van der Waals surface area contributed by atoms with Crippen molar-refractivity contribution in [2.75, 3.05) is 6.61 Å². The number of H-pyrrole nitrogens is 1. The summed E-state index contributed by atoms with van der Waals surface area (Å²) in [5, 5.41) is 0. The molecule has 0 saturated heterocycles. The first-order chi connectivity index (χ1) is 12.6. The molecule has 4 nitrogen and oxygen atoms in total. The first kappa shape index (κ1) is 24.0. The summed E-state index contributed by atoms with van der Waals surface area (Å²) < 4.78 is 9.04. The lowest BCUT2D eigenvalue weighted by Gasteiger charge is -2.32. The Hall–Kier alpha value is -1.01. The minimum atomic E-state index is -0.393. The van der Waals surface area contributed by atoms with E-state index in [1.807, 2.05) is 24.6 Å². The Bertz CT molecular complexity index is 722. The van der Waals surface area contributed by atoms with Gasteiger partial charge in [0.1, 0.15) is 4.64 Å². The lowest BCUT2D eigenvalue weighted by atomic mass is 9.73. The Morgan fingerprint density at radius 2 is 1.81 bits per heavy atom. The monoisotopic (exact) mass is 412 g/mol. The summed E-state index contributed by atoms with van der Waals surface area (Å²) in [7, 11) is 0. The highest BCUT2D eigenvalue weighted by Gasteiger charge is 2.38. The molecule has 1 aromatic heterocycles. The molecule has 0 bridgehead atoms. The zero-order valence-corrected chi connectivity index (χ0v) is 19.4. The molecule has 1 rings (SSSR count). The van der Waals surface area contributed by atoms with Crippen LogP contribution in [0.5, 0.6) is 0 Å². The maximum absolute atomic E-state index is 12.6. The van der Waals surface area contributed by atoms with Gasteiger partial charge in [0.25, 0.3) is 0 Å². The zero-order chi connectivity index (χ0) is 20.6. The summed E-state index contributed by atoms with van der Waals surface area (Å²) in [5.41, 5.74) is 0.649. The van der Waals surface area contributed by atoms with Gasteiger partial charge in [-0.05, 0) is 63.6 Å². The highest BCUT2D eigenvalue weighted by Crippen LogP contribution is 2.35. The Morgan fingerprint density at radius 3 is 2.41 bits per heavy atom. The maximum atomic E-state index is 12.6. The van der Waals surface area contributed by atoms with E-state index in [-0.39, 0.29) is 11.9 Å². The van der Waals surface area contributed by atoms with Crippen molar-refractivity contribution in [2.45, 2.75) is 80.2 Å². The summed E-state index contributed by atoms with van der Waals surface area (Å²) >= 11 is 10.5. The van der Waals surface area contributed by atoms with Crippen LogP contribution < -0.4 is 0 Å². The number of hydrogen-bond acceptors (Lipinski definition) is 4. The van der Waals surface area contributed by atoms with E-state index in [2.05, 4.69) is 32.7 Å². The molecule has 0 radical (unpaired) electrons. The number of nitrogens with zero attached hydrogens (tertiary/aromatic N) is 1. The van der Waals surface area contributed by atoms with Gasteiger partial charge in [0.2, 0.25) is 0 Å². The molecule has 1 N–H and O–H groups in total. The van der Waals surface area contributed by atoms with Crippen molar-refractivity contribution in [3.8, 4) is 0 Å². The fourth-order valence-electron chi connectivity index (χ4n) is 3.25.